The monoisotopic (exact) mass is 221 g/mol. The molecule has 82 valence electrons. The molecule has 0 atom stereocenters. The number of rotatable bonds is 5. The van der Waals surface area contributed by atoms with Gasteiger partial charge in [-0.05, 0) is 18.3 Å². The summed E-state index contributed by atoms with van der Waals surface area (Å²) in [5.74, 6) is -0.861. The van der Waals surface area contributed by atoms with E-state index < -0.39 is 16.0 Å². The van der Waals surface area contributed by atoms with E-state index in [0.29, 0.717) is 0 Å². The molecule has 2 N–H and O–H groups in total. The van der Waals surface area contributed by atoms with Crippen LogP contribution in [0.15, 0.2) is 0 Å². The van der Waals surface area contributed by atoms with E-state index >= 15 is 0 Å². The largest absolute Gasteiger partial charge is 0.481 e. The standard InChI is InChI=1S/C8H15NO4S/c1-14(12,13)9-6-8(3-2-4-8)5-7(10)11/h9H,2-6H2,1H3,(H,10,11). The first-order chi connectivity index (χ1) is 6.33. The van der Waals surface area contributed by atoms with Crippen molar-refractivity contribution >= 4 is 16.0 Å². The maximum absolute atomic E-state index is 10.8. The fourth-order valence-electron chi connectivity index (χ4n) is 1.70. The van der Waals surface area contributed by atoms with Crippen LogP contribution in [0.2, 0.25) is 0 Å². The van der Waals surface area contributed by atoms with Gasteiger partial charge in [-0.2, -0.15) is 0 Å². The van der Waals surface area contributed by atoms with Crippen LogP contribution in [0, 0.1) is 5.41 Å². The molecule has 0 aromatic heterocycles. The highest BCUT2D eigenvalue weighted by atomic mass is 32.2. The van der Waals surface area contributed by atoms with Gasteiger partial charge >= 0.3 is 5.97 Å². The zero-order valence-electron chi connectivity index (χ0n) is 8.12. The first-order valence-electron chi connectivity index (χ1n) is 4.49. The second-order valence-corrected chi connectivity index (χ2v) is 5.85. The third kappa shape index (κ3) is 3.26. The van der Waals surface area contributed by atoms with Gasteiger partial charge in [0.1, 0.15) is 0 Å². The molecule has 1 saturated carbocycles. The van der Waals surface area contributed by atoms with Crippen molar-refractivity contribution in [1.29, 1.82) is 0 Å². The molecule has 1 aliphatic rings. The molecule has 0 unspecified atom stereocenters. The lowest BCUT2D eigenvalue weighted by atomic mass is 9.67. The summed E-state index contributed by atoms with van der Waals surface area (Å²) < 4.78 is 24.1. The molecule has 5 nitrogen and oxygen atoms in total. The van der Waals surface area contributed by atoms with Gasteiger partial charge in [-0.25, -0.2) is 13.1 Å². The van der Waals surface area contributed by atoms with E-state index in [0.717, 1.165) is 25.5 Å². The van der Waals surface area contributed by atoms with Gasteiger partial charge < -0.3 is 5.11 Å². The highest BCUT2D eigenvalue weighted by Gasteiger charge is 2.39. The third-order valence-electron chi connectivity index (χ3n) is 2.65. The average Bonchev–Trinajstić information content (AvgIpc) is 1.92. The minimum atomic E-state index is -3.21. The molecule has 6 heteroatoms. The van der Waals surface area contributed by atoms with Crippen LogP contribution in [-0.2, 0) is 14.8 Å². The summed E-state index contributed by atoms with van der Waals surface area (Å²) in [5.41, 5.74) is -0.338. The van der Waals surface area contributed by atoms with Gasteiger partial charge in [-0.3, -0.25) is 4.79 Å². The number of nitrogens with one attached hydrogen (secondary N) is 1. The normalized spacial score (nSPS) is 20.1. The summed E-state index contributed by atoms with van der Waals surface area (Å²) in [4.78, 5) is 10.6. The number of hydrogen-bond donors (Lipinski definition) is 2. The summed E-state index contributed by atoms with van der Waals surface area (Å²) in [6.07, 6.45) is 3.71. The van der Waals surface area contributed by atoms with Crippen molar-refractivity contribution in [3.8, 4) is 0 Å². The predicted octanol–water partition coefficient (Wildman–Crippen LogP) is 0.181. The van der Waals surface area contributed by atoms with Gasteiger partial charge in [-0.15, -0.1) is 0 Å². The molecule has 0 aromatic carbocycles. The smallest absolute Gasteiger partial charge is 0.303 e. The maximum atomic E-state index is 10.8. The molecule has 0 aliphatic heterocycles. The Balaban J connectivity index is 2.50. The number of sulfonamides is 1. The average molecular weight is 221 g/mol. The first-order valence-corrected chi connectivity index (χ1v) is 6.39. The minimum Gasteiger partial charge on any atom is -0.481 e. The van der Waals surface area contributed by atoms with Crippen molar-refractivity contribution in [3.05, 3.63) is 0 Å². The zero-order chi connectivity index (χ0) is 10.8. The van der Waals surface area contributed by atoms with Gasteiger partial charge in [-0.1, -0.05) is 6.42 Å². The number of carboxylic acid groups (broad SMARTS) is 1. The highest BCUT2D eigenvalue weighted by molar-refractivity contribution is 7.88. The summed E-state index contributed by atoms with van der Waals surface area (Å²) in [5, 5.41) is 8.67. The Labute approximate surface area is 83.6 Å². The molecule has 1 aliphatic carbocycles. The van der Waals surface area contributed by atoms with Crippen LogP contribution in [0.1, 0.15) is 25.7 Å². The van der Waals surface area contributed by atoms with Gasteiger partial charge in [0.25, 0.3) is 0 Å². The lowest BCUT2D eigenvalue weighted by Gasteiger charge is -2.40. The van der Waals surface area contributed by atoms with E-state index in [1.165, 1.54) is 0 Å². The molecular formula is C8H15NO4S. The predicted molar refractivity (Wildman–Crippen MR) is 51.4 cm³/mol. The van der Waals surface area contributed by atoms with Crippen molar-refractivity contribution in [1.82, 2.24) is 4.72 Å². The van der Waals surface area contributed by atoms with E-state index in [1.54, 1.807) is 0 Å². The van der Waals surface area contributed by atoms with Crippen LogP contribution in [0.25, 0.3) is 0 Å². The van der Waals surface area contributed by atoms with E-state index in [4.69, 9.17) is 5.11 Å². The van der Waals surface area contributed by atoms with Crippen LogP contribution in [0.3, 0.4) is 0 Å². The number of carbonyl (C=O) groups is 1. The highest BCUT2D eigenvalue weighted by Crippen LogP contribution is 2.43. The molecular weight excluding hydrogens is 206 g/mol. The Bertz CT molecular complexity index is 318. The SMILES string of the molecule is CS(=O)(=O)NCC1(CC(=O)O)CCC1. The molecule has 14 heavy (non-hydrogen) atoms. The Kier molecular flexibility index (Phi) is 3.16. The summed E-state index contributed by atoms with van der Waals surface area (Å²) in [7, 11) is -3.21. The molecule has 0 spiro atoms. The zero-order valence-corrected chi connectivity index (χ0v) is 8.93. The lowest BCUT2D eigenvalue weighted by Crippen LogP contribution is -2.43. The first kappa shape index (κ1) is 11.5. The molecule has 1 rings (SSSR count). The molecule has 0 radical (unpaired) electrons. The molecule has 0 amide bonds. The Morgan fingerprint density at radius 1 is 1.50 bits per heavy atom. The van der Waals surface area contributed by atoms with E-state index in [1.807, 2.05) is 0 Å². The number of hydrogen-bond acceptors (Lipinski definition) is 3. The van der Waals surface area contributed by atoms with Crippen molar-refractivity contribution in [3.63, 3.8) is 0 Å². The van der Waals surface area contributed by atoms with Crippen molar-refractivity contribution < 1.29 is 18.3 Å². The third-order valence-corrected chi connectivity index (χ3v) is 3.32. The van der Waals surface area contributed by atoms with Crippen LogP contribution in [0.5, 0.6) is 0 Å². The summed E-state index contributed by atoms with van der Waals surface area (Å²) >= 11 is 0. The van der Waals surface area contributed by atoms with Crippen molar-refractivity contribution in [2.24, 2.45) is 5.41 Å². The number of aliphatic carboxylic acids is 1. The quantitative estimate of drug-likeness (QED) is 0.693. The fourth-order valence-corrected chi connectivity index (χ4v) is 2.27. The topological polar surface area (TPSA) is 83.5 Å². The minimum absolute atomic E-state index is 0.0511. The molecule has 0 bridgehead atoms. The lowest BCUT2D eigenvalue weighted by molar-refractivity contribution is -0.141. The Morgan fingerprint density at radius 2 is 2.07 bits per heavy atom. The van der Waals surface area contributed by atoms with Crippen molar-refractivity contribution in [2.75, 3.05) is 12.8 Å². The number of carboxylic acids is 1. The maximum Gasteiger partial charge on any atom is 0.303 e. The molecule has 0 heterocycles. The van der Waals surface area contributed by atoms with E-state index in [-0.39, 0.29) is 18.4 Å². The Hall–Kier alpha value is -0.620. The van der Waals surface area contributed by atoms with Gasteiger partial charge in [0.05, 0.1) is 12.7 Å². The molecule has 0 saturated heterocycles. The van der Waals surface area contributed by atoms with Gasteiger partial charge in [0.15, 0.2) is 0 Å². The van der Waals surface area contributed by atoms with Crippen LogP contribution < -0.4 is 4.72 Å². The van der Waals surface area contributed by atoms with Crippen LogP contribution in [0.4, 0.5) is 0 Å². The van der Waals surface area contributed by atoms with Crippen molar-refractivity contribution in [2.45, 2.75) is 25.7 Å². The van der Waals surface area contributed by atoms with Crippen LogP contribution >= 0.6 is 0 Å². The second-order valence-electron chi connectivity index (χ2n) is 4.02. The summed E-state index contributed by atoms with van der Waals surface area (Å²) in [6.45, 7) is 0.248. The van der Waals surface area contributed by atoms with Crippen LogP contribution in [-0.4, -0.2) is 32.3 Å². The summed E-state index contributed by atoms with van der Waals surface area (Å²) in [6, 6.07) is 0. The Morgan fingerprint density at radius 3 is 2.36 bits per heavy atom. The molecule has 1 fully saturated rings. The fraction of sp³-hybridized carbons (Fsp3) is 0.875. The second kappa shape index (κ2) is 3.86. The molecule has 0 aromatic rings. The van der Waals surface area contributed by atoms with E-state index in [2.05, 4.69) is 4.72 Å². The van der Waals surface area contributed by atoms with Gasteiger partial charge in [0, 0.05) is 6.54 Å². The van der Waals surface area contributed by atoms with E-state index in [9.17, 15) is 13.2 Å². The van der Waals surface area contributed by atoms with Gasteiger partial charge in [0.2, 0.25) is 10.0 Å².